The zero-order chi connectivity index (χ0) is 66.3. The Morgan fingerprint density at radius 1 is 0.396 bits per heavy atom. The fourth-order valence-electron chi connectivity index (χ4n) is 10.6. The standard InChI is InChI=1S/C81H143N2O7P/c1-7-10-13-16-19-22-25-28-30-32-34-36-38-40-41-43-45-47-49-51-53-56-59-62-65-68-71-74-81(85)90-79(72-69-66-63-60-57-54-27-24-21-18-15-12-9-3)78(77-89-91(86,87)88-76-75-83(4,5)6)82-80(84)73-70-67-64-61-58-55-52-50-48-46-44-42-39-37-35-33-31-29-26-23-20-17-14-11-8-2/h11,14,19-20,22-23,28-31,34-37,42,44,48,50,69,72,78-79H,7-10,12-13,15-18,21,24-27,32-33,38-41,43,45-47,49,51-68,70-71,73-77H2,1-6H3,(H-,82,84,86,87)/p+1/b14-11-,22-19-,23-20-,30-28-,31-29-,36-34-,37-35-,44-42-,50-48-,72-69+. The number of ether oxygens (including phenoxy) is 1. The minimum absolute atomic E-state index is 0.0319. The number of amides is 1. The first kappa shape index (κ1) is 87.4. The number of hydrogen-bond acceptors (Lipinski definition) is 6. The largest absolute Gasteiger partial charge is 0.472 e. The SMILES string of the molecule is CC/C=C\C/C=C\C/C=C\C/C=C\C/C=C\C/C=C\CCCCCCCCC(=O)NC(COP(=O)(O)OCC[N+](C)(C)C)C(/C=C/CCCCCCCCCCCCC)OC(=O)CCCCCCCCCCCCCCCC/C=C\C/C=C\C/C=C\CCCCC. The van der Waals surface area contributed by atoms with Gasteiger partial charge in [0.05, 0.1) is 33.8 Å². The topological polar surface area (TPSA) is 111 Å². The van der Waals surface area contributed by atoms with Crippen LogP contribution in [-0.2, 0) is 27.9 Å². The number of phosphoric acid groups is 1. The van der Waals surface area contributed by atoms with Crippen molar-refractivity contribution in [2.45, 2.75) is 341 Å². The van der Waals surface area contributed by atoms with E-state index in [0.717, 1.165) is 135 Å². The van der Waals surface area contributed by atoms with Gasteiger partial charge in [-0.05, 0) is 122 Å². The van der Waals surface area contributed by atoms with E-state index >= 15 is 0 Å². The van der Waals surface area contributed by atoms with Crippen molar-refractivity contribution in [3.05, 3.63) is 122 Å². The number of carbonyl (C=O) groups excluding carboxylic acids is 2. The van der Waals surface area contributed by atoms with Gasteiger partial charge in [-0.15, -0.1) is 0 Å². The van der Waals surface area contributed by atoms with Crippen LogP contribution in [0, 0.1) is 0 Å². The summed E-state index contributed by atoms with van der Waals surface area (Å²) in [6.45, 7) is 6.88. The van der Waals surface area contributed by atoms with E-state index in [4.69, 9.17) is 13.8 Å². The van der Waals surface area contributed by atoms with Crippen LogP contribution < -0.4 is 5.32 Å². The van der Waals surface area contributed by atoms with Gasteiger partial charge in [-0.3, -0.25) is 18.6 Å². The molecule has 0 rings (SSSR count). The first-order valence-corrected chi connectivity index (χ1v) is 39.4. The molecular weight excluding hydrogens is 1140 g/mol. The number of likely N-dealkylation sites (N-methyl/N-ethyl adjacent to an activating group) is 1. The van der Waals surface area contributed by atoms with Gasteiger partial charge in [0.1, 0.15) is 19.3 Å². The third-order valence-electron chi connectivity index (χ3n) is 16.4. The van der Waals surface area contributed by atoms with Gasteiger partial charge in [-0.25, -0.2) is 4.57 Å². The van der Waals surface area contributed by atoms with E-state index in [1.165, 1.54) is 161 Å². The van der Waals surface area contributed by atoms with Gasteiger partial charge in [0.25, 0.3) is 0 Å². The molecule has 0 spiro atoms. The molecule has 0 bridgehead atoms. The summed E-state index contributed by atoms with van der Waals surface area (Å²) in [5.74, 6) is -0.520. The van der Waals surface area contributed by atoms with Crippen molar-refractivity contribution in [2.75, 3.05) is 40.9 Å². The Kier molecular flexibility index (Phi) is 66.5. The minimum atomic E-state index is -4.47. The number of rotatable bonds is 68. The summed E-state index contributed by atoms with van der Waals surface area (Å²) < 4.78 is 30.9. The summed E-state index contributed by atoms with van der Waals surface area (Å²) in [5, 5.41) is 3.07. The highest BCUT2D eigenvalue weighted by molar-refractivity contribution is 7.47. The molecule has 524 valence electrons. The lowest BCUT2D eigenvalue weighted by atomic mass is 10.0. The molecule has 0 aromatic rings. The summed E-state index contributed by atoms with van der Waals surface area (Å²) in [5.41, 5.74) is 0. The number of hydrogen-bond donors (Lipinski definition) is 2. The average molecular weight is 1290 g/mol. The van der Waals surface area contributed by atoms with Crippen LogP contribution in [0.3, 0.4) is 0 Å². The van der Waals surface area contributed by atoms with Crippen LogP contribution in [0.2, 0.25) is 0 Å². The molecular formula is C81H144N2O7P+. The third kappa shape index (κ3) is 70.6. The first-order valence-electron chi connectivity index (χ1n) is 37.9. The number of phosphoric ester groups is 1. The quantitative estimate of drug-likeness (QED) is 0.0205. The van der Waals surface area contributed by atoms with Gasteiger partial charge in [0, 0.05) is 12.8 Å². The number of nitrogens with one attached hydrogen (secondary N) is 1. The maximum absolute atomic E-state index is 13.7. The second-order valence-electron chi connectivity index (χ2n) is 26.4. The maximum Gasteiger partial charge on any atom is 0.472 e. The predicted octanol–water partition coefficient (Wildman–Crippen LogP) is 24.6. The summed E-state index contributed by atoms with van der Waals surface area (Å²) in [4.78, 5) is 38.0. The molecule has 0 saturated heterocycles. The molecule has 0 aliphatic rings. The van der Waals surface area contributed by atoms with E-state index < -0.39 is 20.0 Å². The summed E-state index contributed by atoms with van der Waals surface area (Å²) in [7, 11) is 1.48. The highest BCUT2D eigenvalue weighted by atomic mass is 31.2. The minimum Gasteiger partial charge on any atom is -0.456 e. The van der Waals surface area contributed by atoms with Gasteiger partial charge in [0.2, 0.25) is 5.91 Å². The highest BCUT2D eigenvalue weighted by Gasteiger charge is 2.30. The van der Waals surface area contributed by atoms with Crippen molar-refractivity contribution in [2.24, 2.45) is 0 Å². The fraction of sp³-hybridized carbons (Fsp3) is 0.728. The van der Waals surface area contributed by atoms with E-state index in [1.807, 2.05) is 33.3 Å². The molecule has 0 aromatic carbocycles. The van der Waals surface area contributed by atoms with Gasteiger partial charge in [0.15, 0.2) is 0 Å². The molecule has 3 atom stereocenters. The maximum atomic E-state index is 13.7. The molecule has 0 radical (unpaired) electrons. The molecule has 0 saturated carbocycles. The lowest BCUT2D eigenvalue weighted by molar-refractivity contribution is -0.870. The van der Waals surface area contributed by atoms with Gasteiger partial charge < -0.3 is 19.4 Å². The Morgan fingerprint density at radius 3 is 1.08 bits per heavy atom. The molecule has 0 aromatic heterocycles. The molecule has 0 aliphatic carbocycles. The zero-order valence-corrected chi connectivity index (χ0v) is 60.9. The first-order chi connectivity index (χ1) is 44.4. The van der Waals surface area contributed by atoms with E-state index in [1.54, 1.807) is 0 Å². The van der Waals surface area contributed by atoms with Crippen LogP contribution in [-0.4, -0.2) is 74.3 Å². The normalized spacial score (nSPS) is 14.1. The second-order valence-corrected chi connectivity index (χ2v) is 27.9. The smallest absolute Gasteiger partial charge is 0.456 e. The number of unbranched alkanes of at least 4 members (excludes halogenated alkanes) is 34. The average Bonchev–Trinajstić information content (AvgIpc) is 3.73. The van der Waals surface area contributed by atoms with Crippen molar-refractivity contribution in [1.29, 1.82) is 0 Å². The van der Waals surface area contributed by atoms with E-state index in [0.29, 0.717) is 17.4 Å². The summed E-state index contributed by atoms with van der Waals surface area (Å²) in [6, 6.07) is -0.866. The summed E-state index contributed by atoms with van der Waals surface area (Å²) >= 11 is 0. The van der Waals surface area contributed by atoms with Crippen molar-refractivity contribution in [3.8, 4) is 0 Å². The lowest BCUT2D eigenvalue weighted by Crippen LogP contribution is -2.47. The number of esters is 1. The zero-order valence-electron chi connectivity index (χ0n) is 60.1. The number of carbonyl (C=O) groups is 2. The molecule has 91 heavy (non-hydrogen) atoms. The van der Waals surface area contributed by atoms with Crippen molar-refractivity contribution in [3.63, 3.8) is 0 Å². The van der Waals surface area contributed by atoms with Crippen molar-refractivity contribution >= 4 is 19.7 Å². The Labute approximate surface area is 563 Å². The highest BCUT2D eigenvalue weighted by Crippen LogP contribution is 2.43. The van der Waals surface area contributed by atoms with E-state index in [-0.39, 0.29) is 31.5 Å². The van der Waals surface area contributed by atoms with E-state index in [2.05, 4.69) is 135 Å². The van der Waals surface area contributed by atoms with Gasteiger partial charge in [-0.2, -0.15) is 0 Å². The molecule has 0 heterocycles. The van der Waals surface area contributed by atoms with Crippen LogP contribution in [0.25, 0.3) is 0 Å². The van der Waals surface area contributed by atoms with Crippen LogP contribution in [0.5, 0.6) is 0 Å². The van der Waals surface area contributed by atoms with E-state index in [9.17, 15) is 19.0 Å². The van der Waals surface area contributed by atoms with Crippen LogP contribution in [0.1, 0.15) is 329 Å². The Bertz CT molecular complexity index is 1970. The van der Waals surface area contributed by atoms with Gasteiger partial charge >= 0.3 is 13.8 Å². The lowest BCUT2D eigenvalue weighted by Gasteiger charge is -2.27. The molecule has 2 N–H and O–H groups in total. The number of allylic oxidation sites excluding steroid dienone is 19. The number of quaternary nitrogens is 1. The molecule has 0 aliphatic heterocycles. The van der Waals surface area contributed by atoms with Crippen molar-refractivity contribution in [1.82, 2.24) is 5.32 Å². The van der Waals surface area contributed by atoms with Crippen LogP contribution in [0.4, 0.5) is 0 Å². The monoisotopic (exact) mass is 1290 g/mol. The Hall–Kier alpha value is -3.59. The number of nitrogens with zero attached hydrogens (tertiary/aromatic N) is 1. The molecule has 1 amide bonds. The summed E-state index contributed by atoms with van der Waals surface area (Å²) in [6.07, 6.45) is 97.9. The molecule has 9 nitrogen and oxygen atoms in total. The van der Waals surface area contributed by atoms with Gasteiger partial charge in [-0.1, -0.05) is 316 Å². The predicted molar refractivity (Wildman–Crippen MR) is 396 cm³/mol. The molecule has 0 fully saturated rings. The third-order valence-corrected chi connectivity index (χ3v) is 17.4. The van der Waals surface area contributed by atoms with Crippen molar-refractivity contribution < 1.29 is 37.3 Å². The van der Waals surface area contributed by atoms with Crippen LogP contribution in [0.15, 0.2) is 122 Å². The fourth-order valence-corrected chi connectivity index (χ4v) is 11.3. The van der Waals surface area contributed by atoms with Crippen LogP contribution >= 0.6 is 7.82 Å². The Morgan fingerprint density at radius 2 is 0.703 bits per heavy atom. The molecule has 10 heteroatoms. The second kappa shape index (κ2) is 69.2. The molecule has 3 unspecified atom stereocenters. The Balaban J connectivity index is 5.07.